The van der Waals surface area contributed by atoms with E-state index in [0.717, 1.165) is 11.1 Å². The molecule has 0 bridgehead atoms. The summed E-state index contributed by atoms with van der Waals surface area (Å²) in [4.78, 5) is 16.0. The van der Waals surface area contributed by atoms with E-state index in [1.54, 1.807) is 55.2 Å². The third-order valence-electron chi connectivity index (χ3n) is 4.30. The number of amides is 1. The normalized spacial score (nSPS) is 15.3. The number of carbonyl (C=O) groups is 1. The minimum atomic E-state index is -0.894. The molecule has 2 heterocycles. The quantitative estimate of drug-likeness (QED) is 0.374. The van der Waals surface area contributed by atoms with Gasteiger partial charge in [-0.2, -0.15) is 5.10 Å². The van der Waals surface area contributed by atoms with Gasteiger partial charge in [-0.3, -0.25) is 9.48 Å². The van der Waals surface area contributed by atoms with E-state index in [9.17, 15) is 9.90 Å². The second-order valence-corrected chi connectivity index (χ2v) is 7.71. The monoisotopic (exact) mass is 434 g/mol. The summed E-state index contributed by atoms with van der Waals surface area (Å²) in [5.41, 5.74) is 8.07. The maximum absolute atomic E-state index is 11.5. The van der Waals surface area contributed by atoms with E-state index in [1.807, 2.05) is 6.20 Å². The average molecular weight is 435 g/mol. The zero-order valence-electron chi connectivity index (χ0n) is 18.0. The SMILES string of the molecule is C=CC(=O)Nc1cccc(O/C(=C/N)N=C2C(=C)NC=C2c2cnn(CC(C)(C)O)c2)c1. The fraction of sp³-hybridized carbons (Fsp3) is 0.174. The van der Waals surface area contributed by atoms with Gasteiger partial charge in [-0.1, -0.05) is 19.2 Å². The van der Waals surface area contributed by atoms with Gasteiger partial charge < -0.3 is 26.2 Å². The second kappa shape index (κ2) is 9.36. The lowest BCUT2D eigenvalue weighted by atomic mass is 10.1. The summed E-state index contributed by atoms with van der Waals surface area (Å²) in [7, 11) is 0. The third-order valence-corrected chi connectivity index (χ3v) is 4.30. The molecule has 9 nitrogen and oxygen atoms in total. The van der Waals surface area contributed by atoms with Crippen LogP contribution >= 0.6 is 0 Å². The molecular weight excluding hydrogens is 408 g/mol. The van der Waals surface area contributed by atoms with Crippen LogP contribution in [-0.4, -0.2) is 32.1 Å². The molecule has 166 valence electrons. The molecule has 0 saturated heterocycles. The van der Waals surface area contributed by atoms with E-state index in [2.05, 4.69) is 33.9 Å². The highest BCUT2D eigenvalue weighted by atomic mass is 16.5. The molecule has 1 aliphatic heterocycles. The van der Waals surface area contributed by atoms with Crippen LogP contribution in [0.3, 0.4) is 0 Å². The minimum absolute atomic E-state index is 0.145. The largest absolute Gasteiger partial charge is 0.438 e. The van der Waals surface area contributed by atoms with Crippen LogP contribution in [0.1, 0.15) is 19.4 Å². The van der Waals surface area contributed by atoms with Crippen LogP contribution in [0.2, 0.25) is 0 Å². The smallest absolute Gasteiger partial charge is 0.247 e. The van der Waals surface area contributed by atoms with E-state index in [1.165, 1.54) is 12.3 Å². The van der Waals surface area contributed by atoms with Gasteiger partial charge in [0.15, 0.2) is 0 Å². The van der Waals surface area contributed by atoms with Crippen LogP contribution in [0, 0.1) is 0 Å². The summed E-state index contributed by atoms with van der Waals surface area (Å²) in [6.07, 6.45) is 7.69. The number of anilines is 1. The van der Waals surface area contributed by atoms with Gasteiger partial charge in [-0.25, -0.2) is 4.99 Å². The van der Waals surface area contributed by atoms with Crippen LogP contribution in [0.25, 0.3) is 5.57 Å². The van der Waals surface area contributed by atoms with E-state index in [0.29, 0.717) is 29.4 Å². The molecule has 0 unspecified atom stereocenters. The average Bonchev–Trinajstić information content (AvgIpc) is 3.32. The predicted molar refractivity (Wildman–Crippen MR) is 124 cm³/mol. The molecule has 32 heavy (non-hydrogen) atoms. The van der Waals surface area contributed by atoms with Crippen LogP contribution in [0.5, 0.6) is 5.75 Å². The molecule has 3 rings (SSSR count). The lowest BCUT2D eigenvalue weighted by Crippen LogP contribution is -2.26. The van der Waals surface area contributed by atoms with E-state index < -0.39 is 5.60 Å². The van der Waals surface area contributed by atoms with Gasteiger partial charge in [-0.05, 0) is 32.1 Å². The Hall–Kier alpha value is -4.11. The molecular formula is C23H26N6O3. The van der Waals surface area contributed by atoms with Crippen molar-refractivity contribution in [3.63, 3.8) is 0 Å². The first-order chi connectivity index (χ1) is 15.2. The Morgan fingerprint density at radius 3 is 2.94 bits per heavy atom. The molecule has 1 amide bonds. The molecule has 0 spiro atoms. The molecule has 2 aromatic rings. The Balaban J connectivity index is 1.81. The van der Waals surface area contributed by atoms with Gasteiger partial charge in [0.2, 0.25) is 11.8 Å². The summed E-state index contributed by atoms with van der Waals surface area (Å²) in [5, 5.41) is 20.0. The Kier molecular flexibility index (Phi) is 6.60. The molecule has 9 heteroatoms. The van der Waals surface area contributed by atoms with Crippen LogP contribution in [-0.2, 0) is 11.3 Å². The number of hydrogen-bond acceptors (Lipinski definition) is 7. The first-order valence-corrected chi connectivity index (χ1v) is 9.82. The van der Waals surface area contributed by atoms with Crippen molar-refractivity contribution in [2.24, 2.45) is 10.7 Å². The Bertz CT molecular complexity index is 1130. The molecule has 0 atom stereocenters. The highest BCUT2D eigenvalue weighted by Crippen LogP contribution is 2.26. The molecule has 0 fully saturated rings. The maximum Gasteiger partial charge on any atom is 0.247 e. The summed E-state index contributed by atoms with van der Waals surface area (Å²) in [5.74, 6) is 0.255. The van der Waals surface area contributed by atoms with Crippen molar-refractivity contribution < 1.29 is 14.6 Å². The van der Waals surface area contributed by atoms with Gasteiger partial charge in [0.25, 0.3) is 0 Å². The van der Waals surface area contributed by atoms with Crippen LogP contribution < -0.4 is 21.1 Å². The summed E-state index contributed by atoms with van der Waals surface area (Å²) >= 11 is 0. The van der Waals surface area contributed by atoms with E-state index in [-0.39, 0.29) is 11.8 Å². The number of aromatic nitrogens is 2. The minimum Gasteiger partial charge on any atom is -0.438 e. The van der Waals surface area contributed by atoms with Crippen LogP contribution in [0.15, 0.2) is 84.9 Å². The van der Waals surface area contributed by atoms with E-state index in [4.69, 9.17) is 10.5 Å². The number of rotatable bonds is 8. The number of nitrogens with zero attached hydrogens (tertiary/aromatic N) is 3. The van der Waals surface area contributed by atoms with Crippen molar-refractivity contribution in [3.8, 4) is 5.75 Å². The summed E-state index contributed by atoms with van der Waals surface area (Å²) in [6.45, 7) is 11.2. The first kappa shape index (κ1) is 22.6. The molecule has 0 aliphatic carbocycles. The standard InChI is InChI=1S/C23H26N6O3/c1-5-20(30)27-17-7-6-8-18(9-17)32-21(10-24)28-22-15(2)25-12-19(22)16-11-26-29(13-16)14-23(3,4)31/h5-13,25,31H,1-2,14,24H2,3-4H3,(H,27,30)/b21-10+,28-22?. The summed E-state index contributed by atoms with van der Waals surface area (Å²) < 4.78 is 7.47. The number of aliphatic imine (C=N–C) groups is 1. The number of benzene rings is 1. The van der Waals surface area contributed by atoms with Gasteiger partial charge >= 0.3 is 0 Å². The van der Waals surface area contributed by atoms with Gasteiger partial charge in [0.1, 0.15) is 5.75 Å². The third kappa shape index (κ3) is 5.73. The molecule has 1 aliphatic rings. The summed E-state index contributed by atoms with van der Waals surface area (Å²) in [6, 6.07) is 6.81. The second-order valence-electron chi connectivity index (χ2n) is 7.71. The van der Waals surface area contributed by atoms with Crippen molar-refractivity contribution >= 4 is 22.9 Å². The molecule has 5 N–H and O–H groups in total. The Labute approximate surface area is 186 Å². The number of nitrogens with one attached hydrogen (secondary N) is 2. The van der Waals surface area contributed by atoms with Crippen molar-refractivity contribution in [1.82, 2.24) is 15.1 Å². The van der Waals surface area contributed by atoms with Crippen molar-refractivity contribution in [3.05, 3.63) is 85.4 Å². The highest BCUT2D eigenvalue weighted by molar-refractivity contribution is 6.33. The fourth-order valence-corrected chi connectivity index (χ4v) is 2.95. The number of nitrogens with two attached hydrogens (primary N) is 1. The number of allylic oxidation sites excluding steroid dienone is 1. The van der Waals surface area contributed by atoms with Crippen molar-refractivity contribution in [2.45, 2.75) is 26.0 Å². The number of ether oxygens (including phenoxy) is 1. The zero-order valence-corrected chi connectivity index (χ0v) is 18.0. The highest BCUT2D eigenvalue weighted by Gasteiger charge is 2.22. The van der Waals surface area contributed by atoms with Gasteiger partial charge in [0.05, 0.1) is 36.0 Å². The topological polar surface area (TPSA) is 127 Å². The van der Waals surface area contributed by atoms with Gasteiger partial charge in [0, 0.05) is 35.3 Å². The lowest BCUT2D eigenvalue weighted by Gasteiger charge is -2.16. The molecule has 1 aromatic carbocycles. The molecule has 0 radical (unpaired) electrons. The number of carbonyl (C=O) groups excluding carboxylic acids is 1. The fourth-order valence-electron chi connectivity index (χ4n) is 2.95. The predicted octanol–water partition coefficient (Wildman–Crippen LogP) is 2.51. The number of aliphatic hydroxyl groups is 1. The lowest BCUT2D eigenvalue weighted by molar-refractivity contribution is -0.111. The molecule has 0 saturated carbocycles. The molecule has 1 aromatic heterocycles. The number of hydrogen-bond donors (Lipinski definition) is 4. The zero-order chi connectivity index (χ0) is 23.3. The first-order valence-electron chi connectivity index (χ1n) is 9.82. The van der Waals surface area contributed by atoms with Crippen LogP contribution in [0.4, 0.5) is 5.69 Å². The Morgan fingerprint density at radius 2 is 2.25 bits per heavy atom. The van der Waals surface area contributed by atoms with Crippen molar-refractivity contribution in [2.75, 3.05) is 5.32 Å². The Morgan fingerprint density at radius 1 is 1.47 bits per heavy atom. The maximum atomic E-state index is 11.5. The van der Waals surface area contributed by atoms with Gasteiger partial charge in [-0.15, -0.1) is 0 Å². The van der Waals surface area contributed by atoms with E-state index >= 15 is 0 Å². The van der Waals surface area contributed by atoms with Crippen molar-refractivity contribution in [1.29, 1.82) is 0 Å².